The molecule has 0 radical (unpaired) electrons. The van der Waals surface area contributed by atoms with Crippen LogP contribution in [0.4, 0.5) is 17.6 Å². The number of carbonyl (C=O) groups is 2. The Morgan fingerprint density at radius 1 is 0.343 bits per heavy atom. The summed E-state index contributed by atoms with van der Waals surface area (Å²) in [7, 11) is -1.78. The average Bonchev–Trinajstić information content (AvgIpc) is 1.75. The van der Waals surface area contributed by atoms with E-state index in [1.54, 1.807) is 29.2 Å². The predicted molar refractivity (Wildman–Crippen MR) is 585 cm³/mol. The molecule has 6 heterocycles. The van der Waals surface area contributed by atoms with Crippen LogP contribution in [0.1, 0.15) is 66.0 Å². The second-order valence-corrected chi connectivity index (χ2v) is 42.3. The van der Waals surface area contributed by atoms with Gasteiger partial charge in [-0.2, -0.15) is 9.67 Å². The van der Waals surface area contributed by atoms with Gasteiger partial charge in [0, 0.05) is 68.1 Å². The Kier molecular flexibility index (Phi) is 37.5. The van der Waals surface area contributed by atoms with Crippen LogP contribution in [0.25, 0.3) is 26.7 Å². The topological polar surface area (TPSA) is 228 Å². The number of aryl methyl sites for hydroxylation is 4. The zero-order chi connectivity index (χ0) is 96.6. The Balaban J connectivity index is 0.000000136. The molecule has 14 aromatic carbocycles. The first-order chi connectivity index (χ1) is 67.9. The van der Waals surface area contributed by atoms with Crippen molar-refractivity contribution in [2.24, 2.45) is 0 Å². The van der Waals surface area contributed by atoms with Crippen molar-refractivity contribution in [1.29, 1.82) is 0 Å². The molecule has 6 aromatic heterocycles. The van der Waals surface area contributed by atoms with Gasteiger partial charge in [-0.1, -0.05) is 404 Å². The first kappa shape index (κ1) is 102. The molecule has 0 aliphatic heterocycles. The molecule has 0 saturated heterocycles. The number of nitrogens with zero attached hydrogens (tertiary/aromatic N) is 11. The van der Waals surface area contributed by atoms with Gasteiger partial charge in [0.2, 0.25) is 10.6 Å². The number of carbonyl (C=O) groups excluding carboxylic acids is 2. The molecule has 0 spiro atoms. The maximum atomic E-state index is 12.9. The number of hydrogen-bond acceptors (Lipinski definition) is 12. The second kappa shape index (κ2) is 51.6. The van der Waals surface area contributed by atoms with Gasteiger partial charge < -0.3 is 26.9 Å². The number of hydrogen-bond donors (Lipinski definition) is 4. The third kappa shape index (κ3) is 28.2. The van der Waals surface area contributed by atoms with Gasteiger partial charge in [0.25, 0.3) is 11.7 Å². The Morgan fingerprint density at radius 2 is 0.586 bits per heavy atom. The van der Waals surface area contributed by atoms with Gasteiger partial charge in [-0.15, -0.1) is 16.7 Å². The fourth-order valence-electron chi connectivity index (χ4n) is 15.6. The summed E-state index contributed by atoms with van der Waals surface area (Å²) in [6.07, 6.45) is 3.20. The molecular weight excluding hydrogens is 2000 g/mol. The molecule has 140 heavy (non-hydrogen) atoms. The first-order valence-electron chi connectivity index (χ1n) is 44.8. The molecule has 0 aliphatic carbocycles. The molecule has 0 saturated carbocycles. The number of aromatic nitrogens is 10. The molecule has 0 atom stereocenters. The third-order valence-electron chi connectivity index (χ3n) is 22.1. The largest absolute Gasteiger partial charge is 0.394 e. The van der Waals surface area contributed by atoms with Crippen LogP contribution in [0, 0.1) is 34.3 Å². The van der Waals surface area contributed by atoms with Gasteiger partial charge in [-0.05, 0) is 221 Å². The summed E-state index contributed by atoms with van der Waals surface area (Å²) >= 11 is 15.4. The van der Waals surface area contributed by atoms with Crippen LogP contribution in [0.3, 0.4) is 0 Å². The summed E-state index contributed by atoms with van der Waals surface area (Å²) in [5.74, 6) is 0.285. The van der Waals surface area contributed by atoms with E-state index >= 15 is 0 Å². The minimum absolute atomic E-state index is 0. The summed E-state index contributed by atoms with van der Waals surface area (Å²) in [4.78, 5) is 54.4. The van der Waals surface area contributed by atoms with Crippen molar-refractivity contribution in [3.63, 3.8) is 0 Å². The maximum absolute atomic E-state index is 12.9. The molecule has 25 heteroatoms. The molecule has 2 amide bonds. The van der Waals surface area contributed by atoms with Crippen LogP contribution < -0.4 is 85.8 Å². The first-order valence-corrected chi connectivity index (χ1v) is 51.7. The van der Waals surface area contributed by atoms with Crippen molar-refractivity contribution in [3.05, 3.63) is 520 Å². The fourth-order valence-corrected chi connectivity index (χ4v) is 25.5. The van der Waals surface area contributed by atoms with Crippen LogP contribution in [-0.2, 0) is 46.6 Å². The molecule has 6 N–H and O–H groups in total. The zero-order valence-corrected chi connectivity index (χ0v) is 85.3. The summed E-state index contributed by atoms with van der Waals surface area (Å²) < 4.78 is 3.31. The van der Waals surface area contributed by atoms with E-state index in [9.17, 15) is 9.59 Å². The minimum Gasteiger partial charge on any atom is -0.393 e. The fraction of sp³-hybridized carbons (Fsp3) is 0.0696. The molecule has 696 valence electrons. The third-order valence-corrected chi connectivity index (χ3v) is 32.6. The standard InChI is InChI=1S/C22H19ClN8O.C21H19BrClN7O.4C18H15P.Pd/c1-12-6-19(24)28-13(2)17(12)10-27-21(32)20-29-22(25-3)30-31(20)11-14-4-5-18-15(7-14)8-16(23)9-26-18;1-11-5-18(24)27-12(2)16(11)9-26-20(31)19-28-21(22)29-30(19)10-13-3-4-17-14(6-13)7-15(23)8-25-17;4*1-4-10-16(11-5-1)19(17-12-6-2-7-13-17)18-14-8-3-9-15-18;/h4-9H,10-11H2,1-2H3,(H2,24,28)(H,27,32);3-8H,9-10H2,1-2H3,(H2,24,27)(H,26,31);4*1-15H;. The predicted octanol–water partition coefficient (Wildman–Crippen LogP) is 21.2. The summed E-state index contributed by atoms with van der Waals surface area (Å²) in [5.41, 5.74) is 20.2. The van der Waals surface area contributed by atoms with Crippen molar-refractivity contribution < 1.29 is 30.0 Å². The van der Waals surface area contributed by atoms with E-state index < -0.39 is 37.6 Å². The number of anilines is 2. The number of halogens is 3. The number of rotatable bonds is 22. The van der Waals surface area contributed by atoms with Crippen molar-refractivity contribution in [2.45, 2.75) is 53.9 Å². The quantitative estimate of drug-likeness (QED) is 0.0282. The molecule has 20 rings (SSSR count). The van der Waals surface area contributed by atoms with E-state index in [1.807, 2.05) is 76.2 Å². The van der Waals surface area contributed by atoms with Gasteiger partial charge in [0.05, 0.1) is 34.2 Å². The summed E-state index contributed by atoms with van der Waals surface area (Å²) in [5, 5.41) is 33.9. The Morgan fingerprint density at radius 3 is 0.829 bits per heavy atom. The van der Waals surface area contributed by atoms with E-state index in [0.717, 1.165) is 66.6 Å². The van der Waals surface area contributed by atoms with E-state index in [-0.39, 0.29) is 57.0 Å². The van der Waals surface area contributed by atoms with Gasteiger partial charge >= 0.3 is 11.9 Å². The van der Waals surface area contributed by atoms with E-state index in [4.69, 9.17) is 41.2 Å². The maximum Gasteiger partial charge on any atom is 0.394 e. The van der Waals surface area contributed by atoms with Gasteiger partial charge in [-0.25, -0.2) is 14.6 Å². The average molecular weight is 2100 g/mol. The molecular formula is C115H98BrCl2N15O2P4Pd. The number of benzene rings is 14. The molecule has 0 fully saturated rings. The number of pyridine rings is 4. The Hall–Kier alpha value is -14.0. The normalized spacial score (nSPS) is 10.7. The number of nitrogens with two attached hydrogens (primary N) is 2. The smallest absolute Gasteiger partial charge is 0.393 e. The Bertz CT molecular complexity index is 6550. The van der Waals surface area contributed by atoms with Gasteiger partial charge in [-0.3, -0.25) is 19.6 Å². The molecule has 17 nitrogen and oxygen atoms in total. The van der Waals surface area contributed by atoms with Crippen molar-refractivity contribution in [2.75, 3.05) is 11.5 Å². The van der Waals surface area contributed by atoms with Crippen LogP contribution in [0.2, 0.25) is 10.0 Å². The van der Waals surface area contributed by atoms with E-state index in [1.165, 1.54) is 68.3 Å². The van der Waals surface area contributed by atoms with Crippen LogP contribution in [-0.4, -0.2) is 61.3 Å². The number of nitrogens with one attached hydrogen (secondary N) is 2. The van der Waals surface area contributed by atoms with Crippen LogP contribution >= 0.6 is 70.8 Å². The monoisotopic (exact) mass is 2100 g/mol. The summed E-state index contributed by atoms with van der Waals surface area (Å²) in [6.45, 7) is 16.0. The van der Waals surface area contributed by atoms with Crippen LogP contribution in [0.15, 0.2) is 442 Å². The second-order valence-electron chi connectivity index (χ2n) is 31.8. The summed E-state index contributed by atoms with van der Waals surface area (Å²) in [6, 6.07) is 148. The Labute approximate surface area is 853 Å². The molecule has 0 aliphatic rings. The van der Waals surface area contributed by atoms with Crippen molar-refractivity contribution in [1.82, 2.24) is 60.1 Å². The van der Waals surface area contributed by atoms with Gasteiger partial charge in [0.1, 0.15) is 11.6 Å². The SMILES string of the molecule is Cc1cc(N)nc(C)c1CNC(=O)c1nc(Br)nn1Cc1ccc2ncc(Cl)cc2c1.[C-]#[N+]c1nc(C(=O)NCc2c(C)cc(N)nc2C)n(Cc2ccc3ncc(Cl)cc3c2)n1.[Pd].c1ccc(P(c2ccccc2)c2ccccc2)cc1.c1ccc(P(c2ccccc2)c2ccccc2)cc1.c1ccc(P(c2ccccc2)c2ccccc2)cc1.c1ccc(P(c2ccccc2)c2ccccc2)cc1. The van der Waals surface area contributed by atoms with Crippen LogP contribution in [0.5, 0.6) is 0 Å². The molecule has 0 unspecified atom stereocenters. The van der Waals surface area contributed by atoms with Gasteiger partial charge in [0.15, 0.2) is 0 Å². The molecule has 20 aromatic rings. The molecule has 0 bridgehead atoms. The van der Waals surface area contributed by atoms with E-state index in [0.29, 0.717) is 39.5 Å². The number of amides is 2. The van der Waals surface area contributed by atoms with Crippen molar-refractivity contribution in [3.8, 4) is 0 Å². The number of nitrogen functional groups attached to an aromatic ring is 2. The number of fused-ring (bicyclic) bond motifs is 2. The van der Waals surface area contributed by atoms with E-state index in [2.05, 4.69) is 435 Å². The minimum atomic E-state index is -0.446. The van der Waals surface area contributed by atoms with Crippen molar-refractivity contribution >= 4 is 186 Å². The zero-order valence-electron chi connectivity index (χ0n) is 77.0.